The minimum absolute atomic E-state index is 0.148. The van der Waals surface area contributed by atoms with Crippen LogP contribution in [0.25, 0.3) is 0 Å². The van der Waals surface area contributed by atoms with Gasteiger partial charge in [0, 0.05) is 60.7 Å². The Labute approximate surface area is 203 Å². The van der Waals surface area contributed by atoms with Gasteiger partial charge in [0.1, 0.15) is 11.6 Å². The van der Waals surface area contributed by atoms with Crippen LogP contribution in [0.1, 0.15) is 16.9 Å². The number of ether oxygens (including phenoxy) is 2. The van der Waals surface area contributed by atoms with E-state index in [0.717, 1.165) is 11.4 Å². The molecule has 2 fully saturated rings. The third-order valence-corrected chi connectivity index (χ3v) is 6.42. The lowest BCUT2D eigenvalue weighted by Gasteiger charge is -2.31. The van der Waals surface area contributed by atoms with Crippen LogP contribution < -0.4 is 4.74 Å². The van der Waals surface area contributed by atoms with Gasteiger partial charge in [0.15, 0.2) is 0 Å². The molecule has 1 spiro atoms. The predicted molar refractivity (Wildman–Crippen MR) is 117 cm³/mol. The van der Waals surface area contributed by atoms with E-state index in [1.54, 1.807) is 29.0 Å². The van der Waals surface area contributed by atoms with E-state index < -0.39 is 12.1 Å². The van der Waals surface area contributed by atoms with Crippen LogP contribution in [-0.2, 0) is 27.4 Å². The zero-order valence-corrected chi connectivity index (χ0v) is 19.7. The molecule has 0 saturated carbocycles. The van der Waals surface area contributed by atoms with E-state index in [2.05, 4.69) is 9.88 Å². The largest absolute Gasteiger partial charge is 0.497 e. The SMILES string of the molecule is COc1ccc(CN2CCOCC3(CC(=O)N(Cc4cncs4)C3)C2)c(F)c1.O=C(O)C(F)(F)F. The average Bonchev–Trinajstić information content (AvgIpc) is 3.35. The van der Waals surface area contributed by atoms with Crippen molar-refractivity contribution in [2.45, 2.75) is 25.7 Å². The first-order chi connectivity index (χ1) is 16.5. The summed E-state index contributed by atoms with van der Waals surface area (Å²) >= 11 is 1.56. The van der Waals surface area contributed by atoms with Gasteiger partial charge in [-0.25, -0.2) is 9.18 Å². The molecule has 192 valence electrons. The molecule has 1 aromatic heterocycles. The standard InChI is InChI=1S/C20H24FN3O3S.C2HF3O2/c1-26-16-3-2-15(18(21)6-16)9-23-4-5-27-13-20(11-23)7-19(25)24(12-20)10-17-8-22-14-28-17;3-2(4,5)1(6)7/h2-3,6,8,14H,4-5,7,9-13H2,1H3;(H,6,7). The van der Waals surface area contributed by atoms with Crippen molar-refractivity contribution in [2.75, 3.05) is 40.0 Å². The van der Waals surface area contributed by atoms with Gasteiger partial charge in [-0.05, 0) is 6.07 Å². The fourth-order valence-electron chi connectivity index (χ4n) is 4.08. The molecule has 8 nitrogen and oxygen atoms in total. The molecule has 3 heterocycles. The van der Waals surface area contributed by atoms with Crippen molar-refractivity contribution in [1.29, 1.82) is 0 Å². The van der Waals surface area contributed by atoms with Gasteiger partial charge in [-0.15, -0.1) is 11.3 Å². The van der Waals surface area contributed by atoms with Gasteiger partial charge in [-0.2, -0.15) is 13.2 Å². The van der Waals surface area contributed by atoms with Crippen LogP contribution in [0.15, 0.2) is 29.9 Å². The van der Waals surface area contributed by atoms with Crippen molar-refractivity contribution in [1.82, 2.24) is 14.8 Å². The molecule has 35 heavy (non-hydrogen) atoms. The minimum Gasteiger partial charge on any atom is -0.497 e. The molecule has 1 unspecified atom stereocenters. The molecule has 0 bridgehead atoms. The summed E-state index contributed by atoms with van der Waals surface area (Å²) in [6.07, 6.45) is -2.81. The van der Waals surface area contributed by atoms with Crippen LogP contribution in [0, 0.1) is 11.2 Å². The molecule has 1 aromatic carbocycles. The lowest BCUT2D eigenvalue weighted by molar-refractivity contribution is -0.192. The second-order valence-electron chi connectivity index (χ2n) is 8.42. The van der Waals surface area contributed by atoms with Crippen LogP contribution >= 0.6 is 11.3 Å². The van der Waals surface area contributed by atoms with Gasteiger partial charge >= 0.3 is 12.1 Å². The molecule has 0 radical (unpaired) electrons. The fourth-order valence-corrected chi connectivity index (χ4v) is 4.69. The predicted octanol–water partition coefficient (Wildman–Crippen LogP) is 3.18. The van der Waals surface area contributed by atoms with E-state index in [-0.39, 0.29) is 17.1 Å². The van der Waals surface area contributed by atoms with Crippen molar-refractivity contribution in [3.05, 3.63) is 46.2 Å². The van der Waals surface area contributed by atoms with Crippen molar-refractivity contribution in [3.8, 4) is 5.75 Å². The number of carbonyl (C=O) groups is 2. The number of hydrogen-bond acceptors (Lipinski definition) is 7. The molecular formula is C22H25F4N3O5S. The van der Waals surface area contributed by atoms with E-state index in [4.69, 9.17) is 19.4 Å². The van der Waals surface area contributed by atoms with Crippen molar-refractivity contribution >= 4 is 23.2 Å². The summed E-state index contributed by atoms with van der Waals surface area (Å²) in [7, 11) is 1.53. The quantitative estimate of drug-likeness (QED) is 0.607. The van der Waals surface area contributed by atoms with Crippen LogP contribution in [0.4, 0.5) is 17.6 Å². The molecule has 1 N–H and O–H groups in total. The number of alkyl halides is 3. The van der Waals surface area contributed by atoms with Crippen LogP contribution in [0.2, 0.25) is 0 Å². The summed E-state index contributed by atoms with van der Waals surface area (Å²) in [6.45, 7) is 4.31. The van der Waals surface area contributed by atoms with E-state index in [1.165, 1.54) is 13.2 Å². The van der Waals surface area contributed by atoms with E-state index in [0.29, 0.717) is 57.1 Å². The third-order valence-electron chi connectivity index (χ3n) is 5.65. The van der Waals surface area contributed by atoms with E-state index in [1.807, 2.05) is 11.1 Å². The number of carboxylic acid groups (broad SMARTS) is 1. The highest BCUT2D eigenvalue weighted by molar-refractivity contribution is 7.09. The average molecular weight is 520 g/mol. The Hall–Kier alpha value is -2.77. The number of hydrogen-bond donors (Lipinski definition) is 1. The summed E-state index contributed by atoms with van der Waals surface area (Å²) in [5, 5.41) is 7.12. The number of carboxylic acids is 1. The number of benzene rings is 1. The third kappa shape index (κ3) is 7.36. The van der Waals surface area contributed by atoms with Gasteiger partial charge in [-0.1, -0.05) is 6.07 Å². The Morgan fingerprint density at radius 2 is 2.06 bits per heavy atom. The molecule has 2 aromatic rings. The zero-order chi connectivity index (χ0) is 25.6. The van der Waals surface area contributed by atoms with Gasteiger partial charge < -0.3 is 19.5 Å². The van der Waals surface area contributed by atoms with Gasteiger partial charge in [0.2, 0.25) is 5.91 Å². The Morgan fingerprint density at radius 1 is 1.31 bits per heavy atom. The maximum absolute atomic E-state index is 14.4. The molecule has 2 saturated heterocycles. The number of thiazole rings is 1. The Kier molecular flexibility index (Phi) is 8.67. The van der Waals surface area contributed by atoms with Crippen LogP contribution in [-0.4, -0.2) is 77.9 Å². The molecular weight excluding hydrogens is 494 g/mol. The van der Waals surface area contributed by atoms with Gasteiger partial charge in [-0.3, -0.25) is 14.7 Å². The molecule has 1 atom stereocenters. The number of rotatable bonds is 5. The van der Waals surface area contributed by atoms with E-state index in [9.17, 15) is 22.4 Å². The van der Waals surface area contributed by atoms with Crippen LogP contribution in [0.5, 0.6) is 5.75 Å². The first-order valence-electron chi connectivity index (χ1n) is 10.6. The van der Waals surface area contributed by atoms with Crippen molar-refractivity contribution in [2.24, 2.45) is 5.41 Å². The number of amides is 1. The van der Waals surface area contributed by atoms with Crippen LogP contribution in [0.3, 0.4) is 0 Å². The number of aliphatic carboxylic acids is 1. The Bertz CT molecular complexity index is 1020. The molecule has 2 aliphatic rings. The summed E-state index contributed by atoms with van der Waals surface area (Å²) in [5.41, 5.74) is 2.16. The normalized spacial score (nSPS) is 20.9. The second-order valence-corrected chi connectivity index (χ2v) is 9.39. The number of nitrogens with zero attached hydrogens (tertiary/aromatic N) is 3. The molecule has 13 heteroatoms. The van der Waals surface area contributed by atoms with Gasteiger partial charge in [0.05, 0.1) is 32.4 Å². The summed E-state index contributed by atoms with van der Waals surface area (Å²) in [6, 6.07) is 4.95. The smallest absolute Gasteiger partial charge is 0.490 e. The minimum atomic E-state index is -5.08. The first-order valence-corrected chi connectivity index (χ1v) is 11.5. The van der Waals surface area contributed by atoms with E-state index >= 15 is 0 Å². The molecule has 4 rings (SSSR count). The number of carbonyl (C=O) groups excluding carboxylic acids is 1. The summed E-state index contributed by atoms with van der Waals surface area (Å²) in [4.78, 5) is 30.8. The summed E-state index contributed by atoms with van der Waals surface area (Å²) in [5.74, 6) is -2.37. The number of aromatic nitrogens is 1. The maximum Gasteiger partial charge on any atom is 0.490 e. The maximum atomic E-state index is 14.4. The van der Waals surface area contributed by atoms with Crippen molar-refractivity contribution in [3.63, 3.8) is 0 Å². The summed E-state index contributed by atoms with van der Waals surface area (Å²) < 4.78 is 57.1. The highest BCUT2D eigenvalue weighted by Gasteiger charge is 2.45. The highest BCUT2D eigenvalue weighted by Crippen LogP contribution is 2.36. The lowest BCUT2D eigenvalue weighted by Crippen LogP contribution is -2.40. The topological polar surface area (TPSA) is 92.2 Å². The highest BCUT2D eigenvalue weighted by atomic mass is 32.1. The molecule has 0 aliphatic carbocycles. The second kappa shape index (κ2) is 11.3. The fraction of sp³-hybridized carbons (Fsp3) is 0.500. The lowest BCUT2D eigenvalue weighted by atomic mass is 9.87. The monoisotopic (exact) mass is 519 g/mol. The first kappa shape index (κ1) is 26.8. The Morgan fingerprint density at radius 3 is 2.66 bits per heavy atom. The number of likely N-dealkylation sites (tertiary alicyclic amines) is 1. The number of halogens is 4. The van der Waals surface area contributed by atoms with Gasteiger partial charge in [0.25, 0.3) is 0 Å². The zero-order valence-electron chi connectivity index (χ0n) is 18.9. The molecule has 2 aliphatic heterocycles. The molecule has 1 amide bonds. The number of methoxy groups -OCH3 is 1. The van der Waals surface area contributed by atoms with Crippen molar-refractivity contribution < 1.29 is 41.7 Å². The Balaban J connectivity index is 0.000000429.